The average Bonchev–Trinajstić information content (AvgIpc) is 2.88. The van der Waals surface area contributed by atoms with E-state index in [4.69, 9.17) is 5.73 Å². The number of hydrogen-bond donors (Lipinski definition) is 1. The molecular formula is C16H19N3. The molecule has 2 aromatic rings. The van der Waals surface area contributed by atoms with Crippen LogP contribution in [0.5, 0.6) is 0 Å². The first-order valence-corrected chi connectivity index (χ1v) is 6.78. The van der Waals surface area contributed by atoms with Gasteiger partial charge >= 0.3 is 0 Å². The van der Waals surface area contributed by atoms with Crippen LogP contribution in [-0.4, -0.2) is 23.0 Å². The van der Waals surface area contributed by atoms with Crippen LogP contribution in [0.15, 0.2) is 48.8 Å². The zero-order valence-electron chi connectivity index (χ0n) is 11.0. The second-order valence-electron chi connectivity index (χ2n) is 5.25. The summed E-state index contributed by atoms with van der Waals surface area (Å²) in [4.78, 5) is 6.66. The molecule has 0 spiro atoms. The topological polar surface area (TPSA) is 42.1 Å². The third kappa shape index (κ3) is 2.93. The third-order valence-corrected chi connectivity index (χ3v) is 3.78. The Balaban J connectivity index is 1.64. The van der Waals surface area contributed by atoms with E-state index in [1.807, 2.05) is 24.5 Å². The van der Waals surface area contributed by atoms with Gasteiger partial charge in [0, 0.05) is 31.2 Å². The van der Waals surface area contributed by atoms with Gasteiger partial charge in [-0.25, -0.2) is 0 Å². The predicted molar refractivity (Wildman–Crippen MR) is 77.7 cm³/mol. The van der Waals surface area contributed by atoms with Gasteiger partial charge in [-0.3, -0.25) is 9.88 Å². The second-order valence-corrected chi connectivity index (χ2v) is 5.25. The summed E-state index contributed by atoms with van der Waals surface area (Å²) >= 11 is 0. The van der Waals surface area contributed by atoms with Crippen molar-refractivity contribution in [2.45, 2.75) is 18.9 Å². The van der Waals surface area contributed by atoms with Gasteiger partial charge in [0.1, 0.15) is 0 Å². The van der Waals surface area contributed by atoms with Crippen LogP contribution in [0.4, 0.5) is 5.69 Å². The normalized spacial score (nSPS) is 19.7. The molecule has 1 aromatic heterocycles. The van der Waals surface area contributed by atoms with Crippen molar-refractivity contribution in [1.82, 2.24) is 9.88 Å². The lowest BCUT2D eigenvalue weighted by atomic mass is 9.98. The van der Waals surface area contributed by atoms with Crippen LogP contribution >= 0.6 is 0 Å². The summed E-state index contributed by atoms with van der Waals surface area (Å²) in [5.74, 6) is 0.611. The number of anilines is 1. The Kier molecular flexibility index (Phi) is 3.47. The number of likely N-dealkylation sites (tertiary alicyclic amines) is 1. The van der Waals surface area contributed by atoms with Gasteiger partial charge in [-0.1, -0.05) is 18.2 Å². The highest BCUT2D eigenvalue weighted by Gasteiger charge is 2.23. The van der Waals surface area contributed by atoms with Crippen molar-refractivity contribution in [2.24, 2.45) is 0 Å². The van der Waals surface area contributed by atoms with Gasteiger partial charge in [0.05, 0.1) is 0 Å². The summed E-state index contributed by atoms with van der Waals surface area (Å²) in [6.07, 6.45) is 4.99. The Morgan fingerprint density at radius 1 is 1.26 bits per heavy atom. The van der Waals surface area contributed by atoms with E-state index >= 15 is 0 Å². The van der Waals surface area contributed by atoms with Gasteiger partial charge in [-0.05, 0) is 48.2 Å². The summed E-state index contributed by atoms with van der Waals surface area (Å²) in [6.45, 7) is 3.25. The van der Waals surface area contributed by atoms with Crippen LogP contribution in [0.2, 0.25) is 0 Å². The lowest BCUT2D eigenvalue weighted by Gasteiger charge is -2.16. The fourth-order valence-electron chi connectivity index (χ4n) is 2.81. The molecule has 1 aromatic carbocycles. The third-order valence-electron chi connectivity index (χ3n) is 3.78. The molecule has 1 fully saturated rings. The van der Waals surface area contributed by atoms with Crippen molar-refractivity contribution >= 4 is 5.69 Å². The number of nitrogens with two attached hydrogens (primary N) is 1. The van der Waals surface area contributed by atoms with E-state index in [2.05, 4.69) is 34.1 Å². The number of rotatable bonds is 3. The van der Waals surface area contributed by atoms with E-state index in [1.54, 1.807) is 0 Å². The number of nitrogens with zero attached hydrogens (tertiary/aromatic N) is 2. The van der Waals surface area contributed by atoms with E-state index in [1.165, 1.54) is 17.5 Å². The van der Waals surface area contributed by atoms with Gasteiger partial charge in [-0.2, -0.15) is 0 Å². The first-order valence-electron chi connectivity index (χ1n) is 6.78. The lowest BCUT2D eigenvalue weighted by molar-refractivity contribution is 0.326. The average molecular weight is 253 g/mol. The zero-order valence-corrected chi connectivity index (χ0v) is 11.0. The van der Waals surface area contributed by atoms with Crippen molar-refractivity contribution in [3.05, 3.63) is 59.9 Å². The van der Waals surface area contributed by atoms with Crippen LogP contribution in [0, 0.1) is 0 Å². The van der Waals surface area contributed by atoms with Crippen LogP contribution < -0.4 is 5.73 Å². The van der Waals surface area contributed by atoms with Crippen molar-refractivity contribution in [3.63, 3.8) is 0 Å². The molecule has 1 aliphatic heterocycles. The molecule has 0 bridgehead atoms. The smallest absolute Gasteiger partial charge is 0.0316 e. The highest BCUT2D eigenvalue weighted by atomic mass is 15.1. The SMILES string of the molecule is Nc1cccc(C2CCN(Cc3cccnc3)C2)c1. The Labute approximate surface area is 114 Å². The maximum atomic E-state index is 5.86. The van der Waals surface area contributed by atoms with Gasteiger partial charge in [0.15, 0.2) is 0 Å². The molecule has 1 saturated heterocycles. The number of benzene rings is 1. The molecule has 0 amide bonds. The zero-order chi connectivity index (χ0) is 13.1. The summed E-state index contributed by atoms with van der Waals surface area (Å²) in [7, 11) is 0. The molecule has 19 heavy (non-hydrogen) atoms. The minimum atomic E-state index is 0.611. The summed E-state index contributed by atoms with van der Waals surface area (Å²) in [6, 6.07) is 12.4. The van der Waals surface area contributed by atoms with E-state index < -0.39 is 0 Å². The molecule has 0 radical (unpaired) electrons. The van der Waals surface area contributed by atoms with Gasteiger partial charge in [0.25, 0.3) is 0 Å². The Hall–Kier alpha value is -1.87. The van der Waals surface area contributed by atoms with E-state index in [0.29, 0.717) is 5.92 Å². The highest BCUT2D eigenvalue weighted by molar-refractivity contribution is 5.42. The number of aromatic nitrogens is 1. The molecule has 2 heterocycles. The van der Waals surface area contributed by atoms with E-state index in [0.717, 1.165) is 25.3 Å². The molecule has 3 heteroatoms. The van der Waals surface area contributed by atoms with Crippen LogP contribution in [0.3, 0.4) is 0 Å². The molecule has 1 aliphatic rings. The minimum Gasteiger partial charge on any atom is -0.399 e. The van der Waals surface area contributed by atoms with Gasteiger partial charge in [-0.15, -0.1) is 0 Å². The van der Waals surface area contributed by atoms with Crippen molar-refractivity contribution in [2.75, 3.05) is 18.8 Å². The summed E-state index contributed by atoms with van der Waals surface area (Å²) in [5, 5.41) is 0. The summed E-state index contributed by atoms with van der Waals surface area (Å²) < 4.78 is 0. The fourth-order valence-corrected chi connectivity index (χ4v) is 2.81. The number of hydrogen-bond acceptors (Lipinski definition) is 3. The van der Waals surface area contributed by atoms with Crippen LogP contribution in [-0.2, 0) is 6.54 Å². The Morgan fingerprint density at radius 2 is 2.21 bits per heavy atom. The molecular weight excluding hydrogens is 234 g/mol. The summed E-state index contributed by atoms with van der Waals surface area (Å²) in [5.41, 5.74) is 9.38. The van der Waals surface area contributed by atoms with Crippen molar-refractivity contribution < 1.29 is 0 Å². The molecule has 3 rings (SSSR count). The van der Waals surface area contributed by atoms with Crippen molar-refractivity contribution in [1.29, 1.82) is 0 Å². The Morgan fingerprint density at radius 3 is 3.00 bits per heavy atom. The van der Waals surface area contributed by atoms with Crippen LogP contribution in [0.25, 0.3) is 0 Å². The maximum absolute atomic E-state index is 5.86. The first-order chi connectivity index (χ1) is 9.31. The number of nitrogen functional groups attached to an aromatic ring is 1. The van der Waals surface area contributed by atoms with Gasteiger partial charge in [0.2, 0.25) is 0 Å². The van der Waals surface area contributed by atoms with E-state index in [9.17, 15) is 0 Å². The Bertz CT molecular complexity index is 539. The molecule has 98 valence electrons. The molecule has 3 nitrogen and oxygen atoms in total. The molecule has 2 N–H and O–H groups in total. The molecule has 1 atom stereocenters. The quantitative estimate of drug-likeness (QED) is 0.855. The monoisotopic (exact) mass is 253 g/mol. The van der Waals surface area contributed by atoms with Crippen LogP contribution in [0.1, 0.15) is 23.5 Å². The standard InChI is InChI=1S/C16H19N3/c17-16-5-1-4-14(9-16)15-6-8-19(12-15)11-13-3-2-7-18-10-13/h1-5,7,9-10,15H,6,8,11-12,17H2. The minimum absolute atomic E-state index is 0.611. The fraction of sp³-hybridized carbons (Fsp3) is 0.312. The molecule has 0 saturated carbocycles. The maximum Gasteiger partial charge on any atom is 0.0316 e. The number of pyridine rings is 1. The first kappa shape index (κ1) is 12.2. The van der Waals surface area contributed by atoms with Gasteiger partial charge < -0.3 is 5.73 Å². The highest BCUT2D eigenvalue weighted by Crippen LogP contribution is 2.28. The lowest BCUT2D eigenvalue weighted by Crippen LogP contribution is -2.19. The predicted octanol–water partition coefficient (Wildman–Crippen LogP) is 2.65. The molecule has 0 aliphatic carbocycles. The second kappa shape index (κ2) is 5.41. The van der Waals surface area contributed by atoms with Crippen molar-refractivity contribution in [3.8, 4) is 0 Å². The van der Waals surface area contributed by atoms with E-state index in [-0.39, 0.29) is 0 Å². The molecule has 1 unspecified atom stereocenters. The largest absolute Gasteiger partial charge is 0.399 e.